The number of nitrogens with one attached hydrogen (secondary N) is 1. The average Bonchev–Trinajstić information content (AvgIpc) is 3.03. The van der Waals surface area contributed by atoms with Gasteiger partial charge in [0.25, 0.3) is 11.8 Å². The molecule has 2 heterocycles. The maximum Gasteiger partial charge on any atom is 0.274 e. The Morgan fingerprint density at radius 1 is 1.39 bits per heavy atom. The fourth-order valence-electron chi connectivity index (χ4n) is 3.18. The number of fused-ring (bicyclic) bond motifs is 1. The minimum absolute atomic E-state index is 0.169. The highest BCUT2D eigenvalue weighted by Crippen LogP contribution is 2.17. The van der Waals surface area contributed by atoms with Gasteiger partial charge in [-0.2, -0.15) is 5.10 Å². The van der Waals surface area contributed by atoms with Crippen LogP contribution in [0.1, 0.15) is 40.4 Å². The Balaban J connectivity index is 1.84. The molecule has 1 aliphatic rings. The van der Waals surface area contributed by atoms with Crippen LogP contribution in [0.5, 0.6) is 5.75 Å². The maximum absolute atomic E-state index is 13.1. The molecule has 28 heavy (non-hydrogen) atoms. The molecule has 1 unspecified atom stereocenters. The topological polar surface area (TPSA) is 96.7 Å². The van der Waals surface area contributed by atoms with Crippen LogP contribution >= 0.6 is 0 Å². The predicted octanol–water partition coefficient (Wildman–Crippen LogP) is 1.29. The van der Waals surface area contributed by atoms with Gasteiger partial charge >= 0.3 is 0 Å². The number of benzene rings is 1. The normalized spacial score (nSPS) is 16.3. The standard InChI is InChI=1S/C20H26N4O4/c1-13(2)10-23(11-14-4-6-16(28-3)7-5-14)20(27)17-8-18-19(26)21-9-15(25)12-24(18)22-17/h4-8,13,15,25H,9-12H2,1-3H3,(H,21,26). The molecule has 1 atom stereocenters. The number of hydrogen-bond acceptors (Lipinski definition) is 5. The van der Waals surface area contributed by atoms with E-state index in [-0.39, 0.29) is 42.2 Å². The summed E-state index contributed by atoms with van der Waals surface area (Å²) in [4.78, 5) is 27.0. The van der Waals surface area contributed by atoms with Crippen LogP contribution in [0.15, 0.2) is 30.3 Å². The summed E-state index contributed by atoms with van der Waals surface area (Å²) >= 11 is 0. The number of carbonyl (C=O) groups excluding carboxylic acids is 2. The summed E-state index contributed by atoms with van der Waals surface area (Å²) in [5, 5.41) is 16.8. The van der Waals surface area contributed by atoms with Crippen LogP contribution in [0.25, 0.3) is 0 Å². The second-order valence-corrected chi connectivity index (χ2v) is 7.39. The maximum atomic E-state index is 13.1. The first-order valence-electron chi connectivity index (χ1n) is 9.33. The second kappa shape index (κ2) is 8.43. The van der Waals surface area contributed by atoms with Crippen molar-refractivity contribution in [3.8, 4) is 5.75 Å². The van der Waals surface area contributed by atoms with Gasteiger partial charge in [-0.3, -0.25) is 14.3 Å². The number of carbonyl (C=O) groups is 2. The molecule has 2 N–H and O–H groups in total. The zero-order valence-electron chi connectivity index (χ0n) is 16.4. The zero-order chi connectivity index (χ0) is 20.3. The van der Waals surface area contributed by atoms with Crippen molar-refractivity contribution < 1.29 is 19.4 Å². The largest absolute Gasteiger partial charge is 0.497 e. The number of nitrogens with zero attached hydrogens (tertiary/aromatic N) is 3. The highest BCUT2D eigenvalue weighted by Gasteiger charge is 2.26. The van der Waals surface area contributed by atoms with Crippen LogP contribution in [0.4, 0.5) is 0 Å². The van der Waals surface area contributed by atoms with Crippen molar-refractivity contribution in [2.75, 3.05) is 20.2 Å². The predicted molar refractivity (Wildman–Crippen MR) is 103 cm³/mol. The summed E-state index contributed by atoms with van der Waals surface area (Å²) in [5.74, 6) is 0.446. The van der Waals surface area contributed by atoms with E-state index >= 15 is 0 Å². The van der Waals surface area contributed by atoms with Gasteiger partial charge in [0.2, 0.25) is 0 Å². The summed E-state index contributed by atoms with van der Waals surface area (Å²) < 4.78 is 6.58. The average molecular weight is 386 g/mol. The molecule has 0 aliphatic carbocycles. The fourth-order valence-corrected chi connectivity index (χ4v) is 3.18. The first kappa shape index (κ1) is 19.9. The zero-order valence-corrected chi connectivity index (χ0v) is 16.4. The smallest absolute Gasteiger partial charge is 0.274 e. The third-order valence-electron chi connectivity index (χ3n) is 4.52. The van der Waals surface area contributed by atoms with Gasteiger partial charge in [-0.25, -0.2) is 0 Å². The third kappa shape index (κ3) is 4.51. The molecule has 0 radical (unpaired) electrons. The fraction of sp³-hybridized carbons (Fsp3) is 0.450. The van der Waals surface area contributed by atoms with Gasteiger partial charge in [-0.1, -0.05) is 26.0 Å². The summed E-state index contributed by atoms with van der Waals surface area (Å²) in [6, 6.07) is 9.06. The Morgan fingerprint density at radius 3 is 2.75 bits per heavy atom. The number of hydrogen-bond donors (Lipinski definition) is 2. The Bertz CT molecular complexity index is 844. The van der Waals surface area contributed by atoms with Crippen molar-refractivity contribution in [1.82, 2.24) is 20.0 Å². The highest BCUT2D eigenvalue weighted by molar-refractivity contribution is 5.98. The monoisotopic (exact) mass is 386 g/mol. The summed E-state index contributed by atoms with van der Waals surface area (Å²) in [6.07, 6.45) is -0.737. The van der Waals surface area contributed by atoms with Crippen LogP contribution in [-0.4, -0.2) is 57.9 Å². The summed E-state index contributed by atoms with van der Waals surface area (Å²) in [5.41, 5.74) is 1.46. The molecule has 8 nitrogen and oxygen atoms in total. The molecule has 0 spiro atoms. The van der Waals surface area contributed by atoms with Crippen LogP contribution in [0.3, 0.4) is 0 Å². The number of β-amino-alcohol motifs (C(OH)–C–C–N with tert-alkyl or cyclic N) is 1. The molecule has 1 aromatic heterocycles. The van der Waals surface area contributed by atoms with Crippen molar-refractivity contribution >= 4 is 11.8 Å². The van der Waals surface area contributed by atoms with Gasteiger partial charge in [0.1, 0.15) is 11.4 Å². The third-order valence-corrected chi connectivity index (χ3v) is 4.52. The number of amides is 2. The van der Waals surface area contributed by atoms with E-state index in [1.165, 1.54) is 10.7 Å². The van der Waals surface area contributed by atoms with Crippen LogP contribution in [-0.2, 0) is 13.1 Å². The quantitative estimate of drug-likeness (QED) is 0.780. The lowest BCUT2D eigenvalue weighted by molar-refractivity contribution is 0.0714. The van der Waals surface area contributed by atoms with E-state index in [1.54, 1.807) is 12.0 Å². The van der Waals surface area contributed by atoms with E-state index in [1.807, 2.05) is 38.1 Å². The van der Waals surface area contributed by atoms with Crippen molar-refractivity contribution in [2.45, 2.75) is 33.0 Å². The van der Waals surface area contributed by atoms with Gasteiger partial charge < -0.3 is 20.1 Å². The van der Waals surface area contributed by atoms with Crippen molar-refractivity contribution in [3.63, 3.8) is 0 Å². The number of aliphatic hydroxyl groups excluding tert-OH is 1. The lowest BCUT2D eigenvalue weighted by Gasteiger charge is -2.24. The van der Waals surface area contributed by atoms with Crippen molar-refractivity contribution in [2.24, 2.45) is 5.92 Å². The molecular weight excluding hydrogens is 360 g/mol. The number of aliphatic hydroxyl groups is 1. The molecule has 0 fully saturated rings. The number of aromatic nitrogens is 2. The molecule has 0 saturated heterocycles. The molecule has 8 heteroatoms. The van der Waals surface area contributed by atoms with Crippen molar-refractivity contribution in [1.29, 1.82) is 0 Å². The number of methoxy groups -OCH3 is 1. The number of ether oxygens (including phenoxy) is 1. The van der Waals surface area contributed by atoms with Gasteiger partial charge in [0, 0.05) is 25.7 Å². The van der Waals surface area contributed by atoms with E-state index in [0.717, 1.165) is 11.3 Å². The summed E-state index contributed by atoms with van der Waals surface area (Å²) in [7, 11) is 1.61. The van der Waals surface area contributed by atoms with Gasteiger partial charge in [-0.15, -0.1) is 0 Å². The van der Waals surface area contributed by atoms with Gasteiger partial charge in [0.05, 0.1) is 19.8 Å². The molecule has 0 bridgehead atoms. The molecular formula is C20H26N4O4. The van der Waals surface area contributed by atoms with E-state index in [4.69, 9.17) is 4.74 Å². The molecule has 2 amide bonds. The minimum Gasteiger partial charge on any atom is -0.497 e. The molecule has 2 aromatic rings. The van der Waals surface area contributed by atoms with Crippen LogP contribution in [0.2, 0.25) is 0 Å². The van der Waals surface area contributed by atoms with Crippen LogP contribution < -0.4 is 10.1 Å². The van der Waals surface area contributed by atoms with Gasteiger partial charge in [0.15, 0.2) is 5.69 Å². The second-order valence-electron chi connectivity index (χ2n) is 7.39. The summed E-state index contributed by atoms with van der Waals surface area (Å²) in [6.45, 7) is 5.41. The lowest BCUT2D eigenvalue weighted by Crippen LogP contribution is -2.34. The minimum atomic E-state index is -0.737. The Hall–Kier alpha value is -2.87. The highest BCUT2D eigenvalue weighted by atomic mass is 16.5. The lowest BCUT2D eigenvalue weighted by atomic mass is 10.1. The molecule has 1 aromatic carbocycles. The molecule has 1 aliphatic heterocycles. The Labute approximate surface area is 164 Å². The van der Waals surface area contributed by atoms with E-state index < -0.39 is 6.10 Å². The van der Waals surface area contributed by atoms with E-state index in [0.29, 0.717) is 13.1 Å². The van der Waals surface area contributed by atoms with Gasteiger partial charge in [-0.05, 0) is 23.6 Å². The first-order valence-corrected chi connectivity index (χ1v) is 9.33. The van der Waals surface area contributed by atoms with Crippen molar-refractivity contribution in [3.05, 3.63) is 47.3 Å². The van der Waals surface area contributed by atoms with Crippen LogP contribution in [0, 0.1) is 5.92 Å². The SMILES string of the molecule is COc1ccc(CN(CC(C)C)C(=O)c2cc3n(n2)CC(O)CNC3=O)cc1. The Kier molecular flexibility index (Phi) is 5.99. The molecule has 150 valence electrons. The number of rotatable bonds is 6. The van der Waals surface area contributed by atoms with E-state index in [2.05, 4.69) is 10.4 Å². The van der Waals surface area contributed by atoms with E-state index in [9.17, 15) is 14.7 Å². The molecule has 0 saturated carbocycles. The first-order chi connectivity index (χ1) is 13.4. The molecule has 3 rings (SSSR count). The Morgan fingerprint density at radius 2 is 2.11 bits per heavy atom.